The highest BCUT2D eigenvalue weighted by atomic mass is 32.2. The number of aryl methyl sites for hydroxylation is 3. The number of benzene rings is 2. The largest absolute Gasteiger partial charge is 0.496 e. The first-order valence-electron chi connectivity index (χ1n) is 8.02. The lowest BCUT2D eigenvalue weighted by Crippen LogP contribution is -2.13. The van der Waals surface area contributed by atoms with Gasteiger partial charge in [-0.25, -0.2) is 8.42 Å². The van der Waals surface area contributed by atoms with Crippen molar-refractivity contribution in [3.8, 4) is 16.9 Å². The van der Waals surface area contributed by atoms with Gasteiger partial charge < -0.3 is 9.26 Å². The predicted octanol–water partition coefficient (Wildman–Crippen LogP) is 4.08. The van der Waals surface area contributed by atoms with Crippen molar-refractivity contribution in [3.05, 3.63) is 59.5 Å². The lowest BCUT2D eigenvalue weighted by Gasteiger charge is -2.11. The molecule has 3 aromatic rings. The highest BCUT2D eigenvalue weighted by Crippen LogP contribution is 2.29. The second-order valence-corrected chi connectivity index (χ2v) is 7.70. The molecule has 0 amide bonds. The number of hydrogen-bond acceptors (Lipinski definition) is 5. The Balaban J connectivity index is 1.85. The van der Waals surface area contributed by atoms with Crippen molar-refractivity contribution in [2.24, 2.45) is 0 Å². The van der Waals surface area contributed by atoms with Crippen molar-refractivity contribution in [3.63, 3.8) is 0 Å². The molecule has 0 aliphatic carbocycles. The van der Waals surface area contributed by atoms with E-state index < -0.39 is 10.0 Å². The summed E-state index contributed by atoms with van der Waals surface area (Å²) in [6, 6.07) is 11.9. The van der Waals surface area contributed by atoms with Gasteiger partial charge >= 0.3 is 0 Å². The molecule has 7 heteroatoms. The Morgan fingerprint density at radius 1 is 1.04 bits per heavy atom. The van der Waals surface area contributed by atoms with Crippen LogP contribution in [0.15, 0.2) is 51.9 Å². The number of anilines is 1. The summed E-state index contributed by atoms with van der Waals surface area (Å²) in [6.45, 7) is 5.52. The van der Waals surface area contributed by atoms with Crippen LogP contribution in [0.25, 0.3) is 11.1 Å². The number of sulfonamides is 1. The van der Waals surface area contributed by atoms with Crippen LogP contribution in [0, 0.1) is 20.8 Å². The highest BCUT2D eigenvalue weighted by molar-refractivity contribution is 7.92. The molecule has 2 aromatic carbocycles. The van der Waals surface area contributed by atoms with Gasteiger partial charge in [-0.3, -0.25) is 4.72 Å². The molecular formula is C19H20N2O4S. The molecular weight excluding hydrogens is 352 g/mol. The van der Waals surface area contributed by atoms with Gasteiger partial charge in [-0.05, 0) is 62.2 Å². The number of aromatic nitrogens is 1. The molecule has 0 aliphatic heterocycles. The predicted molar refractivity (Wildman–Crippen MR) is 100.0 cm³/mol. The second-order valence-electron chi connectivity index (χ2n) is 6.01. The lowest BCUT2D eigenvalue weighted by atomic mass is 10.0. The normalized spacial score (nSPS) is 11.4. The maximum absolute atomic E-state index is 12.6. The monoisotopic (exact) mass is 372 g/mol. The molecule has 136 valence electrons. The number of methoxy groups -OCH3 is 1. The lowest BCUT2D eigenvalue weighted by molar-refractivity contribution is 0.393. The van der Waals surface area contributed by atoms with Crippen LogP contribution in [0.4, 0.5) is 5.69 Å². The maximum atomic E-state index is 12.6. The summed E-state index contributed by atoms with van der Waals surface area (Å²) in [4.78, 5) is 0.186. The van der Waals surface area contributed by atoms with Crippen molar-refractivity contribution in [2.75, 3.05) is 11.8 Å². The summed E-state index contributed by atoms with van der Waals surface area (Å²) >= 11 is 0. The molecule has 0 unspecified atom stereocenters. The van der Waals surface area contributed by atoms with Crippen LogP contribution < -0.4 is 9.46 Å². The molecule has 6 nitrogen and oxygen atoms in total. The number of nitrogens with one attached hydrogen (secondary N) is 1. The third-order valence-corrected chi connectivity index (χ3v) is 5.51. The molecule has 0 saturated heterocycles. The Bertz CT molecular complexity index is 1020. The van der Waals surface area contributed by atoms with E-state index in [4.69, 9.17) is 9.26 Å². The molecule has 0 bridgehead atoms. The smallest absolute Gasteiger partial charge is 0.261 e. The van der Waals surface area contributed by atoms with Gasteiger partial charge in [-0.2, -0.15) is 0 Å². The quantitative estimate of drug-likeness (QED) is 0.730. The van der Waals surface area contributed by atoms with Gasteiger partial charge in [0.25, 0.3) is 10.0 Å². The molecule has 1 N–H and O–H groups in total. The van der Waals surface area contributed by atoms with E-state index in [9.17, 15) is 8.42 Å². The fourth-order valence-corrected chi connectivity index (χ4v) is 3.98. The van der Waals surface area contributed by atoms with Crippen LogP contribution in [0.1, 0.15) is 17.0 Å². The summed E-state index contributed by atoms with van der Waals surface area (Å²) in [5.41, 5.74) is 3.87. The van der Waals surface area contributed by atoms with Crippen molar-refractivity contribution in [1.82, 2.24) is 5.16 Å². The van der Waals surface area contributed by atoms with E-state index in [1.165, 1.54) is 6.07 Å². The zero-order chi connectivity index (χ0) is 18.9. The second kappa shape index (κ2) is 6.84. The van der Waals surface area contributed by atoms with E-state index in [0.29, 0.717) is 11.4 Å². The Morgan fingerprint density at radius 2 is 1.73 bits per heavy atom. The summed E-state index contributed by atoms with van der Waals surface area (Å²) in [6.07, 6.45) is 0. The molecule has 1 aromatic heterocycles. The van der Waals surface area contributed by atoms with Gasteiger partial charge in [0, 0.05) is 11.3 Å². The van der Waals surface area contributed by atoms with Gasteiger partial charge in [-0.15, -0.1) is 0 Å². The van der Waals surface area contributed by atoms with Gasteiger partial charge in [0.2, 0.25) is 0 Å². The number of rotatable bonds is 5. The third-order valence-electron chi connectivity index (χ3n) is 4.14. The van der Waals surface area contributed by atoms with Crippen LogP contribution in [0.5, 0.6) is 5.75 Å². The first-order valence-corrected chi connectivity index (χ1v) is 9.51. The van der Waals surface area contributed by atoms with Crippen LogP contribution in [-0.2, 0) is 10.0 Å². The highest BCUT2D eigenvalue weighted by Gasteiger charge is 2.16. The fraction of sp³-hybridized carbons (Fsp3) is 0.211. The minimum atomic E-state index is -3.68. The standard InChI is InChI=1S/C19H20N2O4S/c1-12-11-17(9-10-18(12)24-4)26(22,23)21-16-7-5-15(6-8-16)19-13(2)20-25-14(19)3/h5-11,21H,1-4H3. The number of hydrogen-bond donors (Lipinski definition) is 1. The number of nitrogens with zero attached hydrogens (tertiary/aromatic N) is 1. The average Bonchev–Trinajstić information content (AvgIpc) is 2.94. The van der Waals surface area contributed by atoms with Crippen molar-refractivity contribution >= 4 is 15.7 Å². The topological polar surface area (TPSA) is 81.4 Å². The van der Waals surface area contributed by atoms with E-state index in [0.717, 1.165) is 28.1 Å². The molecule has 0 fully saturated rings. The van der Waals surface area contributed by atoms with Crippen molar-refractivity contribution in [1.29, 1.82) is 0 Å². The Kier molecular flexibility index (Phi) is 4.73. The molecule has 0 atom stereocenters. The summed E-state index contributed by atoms with van der Waals surface area (Å²) in [7, 11) is -2.13. The number of ether oxygens (including phenoxy) is 1. The van der Waals surface area contributed by atoms with Gasteiger partial charge in [0.1, 0.15) is 11.5 Å². The minimum absolute atomic E-state index is 0.186. The summed E-state index contributed by atoms with van der Waals surface area (Å²) < 4.78 is 38.1. The Labute approximate surface area is 152 Å². The van der Waals surface area contributed by atoms with Gasteiger partial charge in [-0.1, -0.05) is 17.3 Å². The molecule has 26 heavy (non-hydrogen) atoms. The summed E-state index contributed by atoms with van der Waals surface area (Å²) in [5, 5.41) is 3.94. The zero-order valence-electron chi connectivity index (χ0n) is 15.0. The Morgan fingerprint density at radius 3 is 2.27 bits per heavy atom. The molecule has 0 radical (unpaired) electrons. The maximum Gasteiger partial charge on any atom is 0.261 e. The summed E-state index contributed by atoms with van der Waals surface area (Å²) in [5.74, 6) is 1.37. The molecule has 0 aliphatic rings. The average molecular weight is 372 g/mol. The first-order chi connectivity index (χ1) is 12.3. The van der Waals surface area contributed by atoms with Crippen molar-refractivity contribution < 1.29 is 17.7 Å². The molecule has 3 rings (SSSR count). The zero-order valence-corrected chi connectivity index (χ0v) is 15.8. The third kappa shape index (κ3) is 3.43. The van der Waals surface area contributed by atoms with Gasteiger partial charge in [0.15, 0.2) is 0 Å². The van der Waals surface area contributed by atoms with Crippen LogP contribution in [0.2, 0.25) is 0 Å². The van der Waals surface area contributed by atoms with Crippen LogP contribution in [0.3, 0.4) is 0 Å². The fourth-order valence-electron chi connectivity index (χ4n) is 2.83. The molecule has 1 heterocycles. The first kappa shape index (κ1) is 18.0. The van der Waals surface area contributed by atoms with E-state index >= 15 is 0 Å². The van der Waals surface area contributed by atoms with Gasteiger partial charge in [0.05, 0.1) is 17.7 Å². The molecule has 0 spiro atoms. The van der Waals surface area contributed by atoms with E-state index in [2.05, 4.69) is 9.88 Å². The van der Waals surface area contributed by atoms with E-state index in [-0.39, 0.29) is 4.90 Å². The molecule has 0 saturated carbocycles. The van der Waals surface area contributed by atoms with E-state index in [1.54, 1.807) is 38.3 Å². The van der Waals surface area contributed by atoms with Crippen LogP contribution >= 0.6 is 0 Å². The van der Waals surface area contributed by atoms with Crippen LogP contribution in [-0.4, -0.2) is 20.7 Å². The Hall–Kier alpha value is -2.80. The van der Waals surface area contributed by atoms with Crippen molar-refractivity contribution in [2.45, 2.75) is 25.7 Å². The minimum Gasteiger partial charge on any atom is -0.496 e. The van der Waals surface area contributed by atoms with E-state index in [1.807, 2.05) is 26.0 Å². The SMILES string of the molecule is COc1ccc(S(=O)(=O)Nc2ccc(-c3c(C)noc3C)cc2)cc1C.